The Morgan fingerprint density at radius 1 is 0.960 bits per heavy atom. The molecule has 2 nitrogen and oxygen atoms in total. The van der Waals surface area contributed by atoms with E-state index in [-0.39, 0.29) is 5.82 Å². The van der Waals surface area contributed by atoms with Gasteiger partial charge in [0.1, 0.15) is 18.2 Å². The average molecular weight is 400 g/mol. The smallest absolute Gasteiger partial charge is 0.123 e. The van der Waals surface area contributed by atoms with Crippen molar-refractivity contribution in [3.05, 3.63) is 93.7 Å². The van der Waals surface area contributed by atoms with Crippen molar-refractivity contribution in [1.29, 1.82) is 0 Å². The van der Waals surface area contributed by atoms with Crippen LogP contribution < -0.4 is 10.1 Å². The molecule has 0 aliphatic carbocycles. The topological polar surface area (TPSA) is 21.3 Å². The summed E-state index contributed by atoms with van der Waals surface area (Å²) in [5.74, 6) is 0.566. The molecule has 0 heterocycles. The zero-order valence-electron chi connectivity index (χ0n) is 13.9. The second kappa shape index (κ2) is 8.17. The fraction of sp³-hybridized carbons (Fsp3) is 0.143. The molecule has 0 atom stereocenters. The third kappa shape index (κ3) is 5.07. The third-order valence-corrected chi connectivity index (χ3v) is 4.38. The number of rotatable bonds is 6. The highest BCUT2D eigenvalue weighted by molar-refractivity contribution is 9.10. The minimum absolute atomic E-state index is 0.236. The van der Waals surface area contributed by atoms with Crippen molar-refractivity contribution in [2.45, 2.75) is 20.1 Å². The number of aryl methyl sites for hydroxylation is 1. The lowest BCUT2D eigenvalue weighted by molar-refractivity contribution is 0.306. The highest BCUT2D eigenvalue weighted by atomic mass is 79.9. The molecule has 3 rings (SSSR count). The summed E-state index contributed by atoms with van der Waals surface area (Å²) in [4.78, 5) is 0. The summed E-state index contributed by atoms with van der Waals surface area (Å²) in [6.07, 6.45) is 0. The van der Waals surface area contributed by atoms with Crippen LogP contribution in [0.25, 0.3) is 0 Å². The molecule has 0 aliphatic heterocycles. The lowest BCUT2D eigenvalue weighted by Crippen LogP contribution is -2.02. The van der Waals surface area contributed by atoms with Crippen LogP contribution in [0.4, 0.5) is 10.1 Å². The van der Waals surface area contributed by atoms with E-state index in [4.69, 9.17) is 4.74 Å². The lowest BCUT2D eigenvalue weighted by Gasteiger charge is -2.12. The second-order valence-electron chi connectivity index (χ2n) is 5.88. The Labute approximate surface area is 155 Å². The molecule has 0 amide bonds. The van der Waals surface area contributed by atoms with E-state index in [9.17, 15) is 4.39 Å². The zero-order valence-corrected chi connectivity index (χ0v) is 15.5. The summed E-state index contributed by atoms with van der Waals surface area (Å²) in [5, 5.41) is 3.45. The van der Waals surface area contributed by atoms with Crippen molar-refractivity contribution in [2.24, 2.45) is 0 Å². The van der Waals surface area contributed by atoms with Crippen molar-refractivity contribution in [3.63, 3.8) is 0 Å². The molecule has 1 N–H and O–H groups in total. The summed E-state index contributed by atoms with van der Waals surface area (Å²) in [6.45, 7) is 3.22. The Morgan fingerprint density at radius 3 is 2.52 bits per heavy atom. The molecular weight excluding hydrogens is 381 g/mol. The van der Waals surface area contributed by atoms with Gasteiger partial charge in [-0.25, -0.2) is 4.39 Å². The van der Waals surface area contributed by atoms with Crippen molar-refractivity contribution in [1.82, 2.24) is 0 Å². The molecule has 128 valence electrons. The van der Waals surface area contributed by atoms with Gasteiger partial charge in [0.25, 0.3) is 0 Å². The van der Waals surface area contributed by atoms with Gasteiger partial charge in [-0.1, -0.05) is 40.2 Å². The summed E-state index contributed by atoms with van der Waals surface area (Å²) in [6, 6.07) is 20.5. The van der Waals surface area contributed by atoms with Crippen molar-refractivity contribution >= 4 is 21.6 Å². The van der Waals surface area contributed by atoms with E-state index in [1.165, 1.54) is 17.7 Å². The van der Waals surface area contributed by atoms with Crippen LogP contribution in [0.15, 0.2) is 71.2 Å². The fourth-order valence-corrected chi connectivity index (χ4v) is 2.99. The zero-order chi connectivity index (χ0) is 17.6. The van der Waals surface area contributed by atoms with Gasteiger partial charge < -0.3 is 10.1 Å². The van der Waals surface area contributed by atoms with Crippen molar-refractivity contribution in [2.75, 3.05) is 5.32 Å². The predicted octanol–water partition coefficient (Wildman–Crippen LogP) is 6.09. The summed E-state index contributed by atoms with van der Waals surface area (Å²) < 4.78 is 19.8. The van der Waals surface area contributed by atoms with Gasteiger partial charge in [-0.05, 0) is 66.1 Å². The highest BCUT2D eigenvalue weighted by Crippen LogP contribution is 2.21. The van der Waals surface area contributed by atoms with Gasteiger partial charge in [-0.3, -0.25) is 0 Å². The first-order valence-corrected chi connectivity index (χ1v) is 8.86. The van der Waals surface area contributed by atoms with Gasteiger partial charge in [-0.15, -0.1) is 0 Å². The first kappa shape index (κ1) is 17.5. The van der Waals surface area contributed by atoms with Crippen LogP contribution in [0.3, 0.4) is 0 Å². The van der Waals surface area contributed by atoms with Gasteiger partial charge in [0.2, 0.25) is 0 Å². The number of nitrogens with one attached hydrogen (secondary N) is 1. The lowest BCUT2D eigenvalue weighted by atomic mass is 10.1. The molecule has 0 spiro atoms. The Kier molecular flexibility index (Phi) is 5.71. The number of hydrogen-bond donors (Lipinski definition) is 1. The first-order chi connectivity index (χ1) is 12.1. The fourth-order valence-electron chi connectivity index (χ4n) is 2.52. The minimum atomic E-state index is -0.236. The number of ether oxygens (including phenoxy) is 1. The molecule has 25 heavy (non-hydrogen) atoms. The summed E-state index contributed by atoms with van der Waals surface area (Å²) >= 11 is 3.48. The maximum absolute atomic E-state index is 12.9. The molecule has 0 aliphatic rings. The third-order valence-electron chi connectivity index (χ3n) is 3.89. The van der Waals surface area contributed by atoms with E-state index in [2.05, 4.69) is 46.4 Å². The van der Waals surface area contributed by atoms with E-state index in [0.29, 0.717) is 6.61 Å². The maximum atomic E-state index is 12.9. The van der Waals surface area contributed by atoms with Crippen LogP contribution in [-0.4, -0.2) is 0 Å². The van der Waals surface area contributed by atoms with Gasteiger partial charge in [0.05, 0.1) is 0 Å². The van der Waals surface area contributed by atoms with Crippen LogP contribution >= 0.6 is 15.9 Å². The number of anilines is 1. The predicted molar refractivity (Wildman–Crippen MR) is 103 cm³/mol. The first-order valence-electron chi connectivity index (χ1n) is 8.06. The number of hydrogen-bond acceptors (Lipinski definition) is 2. The van der Waals surface area contributed by atoms with E-state index < -0.39 is 0 Å². The van der Waals surface area contributed by atoms with E-state index in [1.807, 2.05) is 24.3 Å². The van der Waals surface area contributed by atoms with E-state index in [0.717, 1.165) is 33.6 Å². The molecule has 4 heteroatoms. The van der Waals surface area contributed by atoms with Crippen molar-refractivity contribution < 1.29 is 9.13 Å². The molecule has 3 aromatic carbocycles. The molecule has 0 saturated heterocycles. The van der Waals surface area contributed by atoms with Gasteiger partial charge in [0, 0.05) is 16.7 Å². The standard InChI is InChI=1S/C21H19BrFNO/c1-15-11-18(22)7-10-21(15)24-13-17-3-2-4-20(12-17)25-14-16-5-8-19(23)9-6-16/h2-12,24H,13-14H2,1H3. The van der Waals surface area contributed by atoms with Gasteiger partial charge in [-0.2, -0.15) is 0 Å². The summed E-state index contributed by atoms with van der Waals surface area (Å²) in [5.41, 5.74) is 4.38. The molecule has 0 bridgehead atoms. The SMILES string of the molecule is Cc1cc(Br)ccc1NCc1cccc(OCc2ccc(F)cc2)c1. The minimum Gasteiger partial charge on any atom is -0.489 e. The largest absolute Gasteiger partial charge is 0.489 e. The van der Waals surface area contributed by atoms with Crippen LogP contribution in [-0.2, 0) is 13.2 Å². The molecule has 0 saturated carbocycles. The monoisotopic (exact) mass is 399 g/mol. The molecule has 3 aromatic rings. The normalized spacial score (nSPS) is 10.5. The van der Waals surface area contributed by atoms with Crippen LogP contribution in [0.5, 0.6) is 5.75 Å². The van der Waals surface area contributed by atoms with Gasteiger partial charge in [0.15, 0.2) is 0 Å². The Morgan fingerprint density at radius 2 is 1.76 bits per heavy atom. The molecular formula is C21H19BrFNO. The van der Waals surface area contributed by atoms with Crippen LogP contribution in [0, 0.1) is 12.7 Å². The highest BCUT2D eigenvalue weighted by Gasteiger charge is 2.02. The Bertz CT molecular complexity index is 849. The number of benzene rings is 3. The average Bonchev–Trinajstić information content (AvgIpc) is 2.61. The van der Waals surface area contributed by atoms with Gasteiger partial charge >= 0.3 is 0 Å². The molecule has 0 radical (unpaired) electrons. The Hall–Kier alpha value is -2.33. The quantitative estimate of drug-likeness (QED) is 0.541. The Balaban J connectivity index is 1.60. The summed E-state index contributed by atoms with van der Waals surface area (Å²) in [7, 11) is 0. The van der Waals surface area contributed by atoms with Crippen molar-refractivity contribution in [3.8, 4) is 5.75 Å². The molecule has 0 unspecified atom stereocenters. The molecule has 0 aromatic heterocycles. The van der Waals surface area contributed by atoms with Crippen LogP contribution in [0.1, 0.15) is 16.7 Å². The molecule has 0 fully saturated rings. The van der Waals surface area contributed by atoms with E-state index >= 15 is 0 Å². The number of halogens is 2. The maximum Gasteiger partial charge on any atom is 0.123 e. The van der Waals surface area contributed by atoms with Crippen LogP contribution in [0.2, 0.25) is 0 Å². The van der Waals surface area contributed by atoms with E-state index in [1.54, 1.807) is 12.1 Å². The second-order valence-corrected chi connectivity index (χ2v) is 6.79.